The van der Waals surface area contributed by atoms with Crippen molar-refractivity contribution in [2.75, 3.05) is 26.4 Å². The van der Waals surface area contributed by atoms with Crippen LogP contribution in [-0.2, 0) is 42.2 Å². The zero-order valence-corrected chi connectivity index (χ0v) is 53.3. The summed E-state index contributed by atoms with van der Waals surface area (Å²) in [6, 6.07) is 0. The van der Waals surface area contributed by atoms with Gasteiger partial charge in [-0.3, -0.25) is 23.4 Å². The van der Waals surface area contributed by atoms with Crippen molar-refractivity contribution in [3.05, 3.63) is 97.2 Å². The normalized spacial score (nSPS) is 13.9. The van der Waals surface area contributed by atoms with E-state index in [1.165, 1.54) is 135 Å². The lowest BCUT2D eigenvalue weighted by Gasteiger charge is -2.21. The fourth-order valence-corrected chi connectivity index (χ4v) is 9.79. The fraction of sp³-hybridized carbons (Fsp3) is 0.729. The molecule has 0 fully saturated rings. The number of carbonyl (C=O) groups is 3. The molecule has 0 aliphatic rings. The second-order valence-corrected chi connectivity index (χ2v) is 23.4. The lowest BCUT2D eigenvalue weighted by Crippen LogP contribution is -2.30. The molecular formula is C70H121O11P. The quantitative estimate of drug-likeness (QED) is 0.0197. The smallest absolute Gasteiger partial charge is 0.462 e. The van der Waals surface area contributed by atoms with Crippen LogP contribution in [0, 0.1) is 0 Å². The summed E-state index contributed by atoms with van der Waals surface area (Å²) < 4.78 is 39.6. The highest BCUT2D eigenvalue weighted by molar-refractivity contribution is 7.47. The van der Waals surface area contributed by atoms with E-state index in [2.05, 4.69) is 106 Å². The molecule has 82 heavy (non-hydrogen) atoms. The summed E-state index contributed by atoms with van der Waals surface area (Å²) in [5, 5.41) is 9.86. The number of phosphoric acid groups is 1. The zero-order valence-electron chi connectivity index (χ0n) is 52.4. The molecular weight excluding hydrogens is 1050 g/mol. The van der Waals surface area contributed by atoms with Crippen LogP contribution in [0.3, 0.4) is 0 Å². The Balaban J connectivity index is 4.78. The largest absolute Gasteiger partial charge is 0.472 e. The number of carbonyl (C=O) groups excluding carboxylic acids is 3. The van der Waals surface area contributed by atoms with E-state index < -0.39 is 57.8 Å². The number of ether oxygens (including phenoxy) is 3. The third-order valence-corrected chi connectivity index (χ3v) is 15.0. The summed E-state index contributed by atoms with van der Waals surface area (Å²) in [6.45, 7) is 4.46. The molecule has 0 spiro atoms. The minimum Gasteiger partial charge on any atom is -0.462 e. The summed E-state index contributed by atoms with van der Waals surface area (Å²) in [5.74, 6) is -1.57. The predicted molar refractivity (Wildman–Crippen MR) is 344 cm³/mol. The number of hydrogen-bond acceptors (Lipinski definition) is 10. The Morgan fingerprint density at radius 3 is 1.07 bits per heavy atom. The number of phosphoric ester groups is 1. The van der Waals surface area contributed by atoms with E-state index in [-0.39, 0.29) is 25.9 Å². The first-order chi connectivity index (χ1) is 40.2. The van der Waals surface area contributed by atoms with Gasteiger partial charge >= 0.3 is 25.7 Å². The van der Waals surface area contributed by atoms with E-state index in [9.17, 15) is 28.9 Å². The van der Waals surface area contributed by atoms with Gasteiger partial charge in [-0.2, -0.15) is 0 Å². The van der Waals surface area contributed by atoms with Gasteiger partial charge in [-0.05, 0) is 89.9 Å². The maximum atomic E-state index is 13.0. The number of hydrogen-bond donors (Lipinski definition) is 2. The standard InChI is InChI=1S/C70H121O11P/c1-4-7-10-13-16-19-22-25-28-31-33-36-38-41-44-47-50-53-56-59-68(72)77-63-67(81-70(74)61-58-55-52-49-46-43-40-37-34-32-29-26-23-20-17-14-11-8-5-2)65-79-82(75,76)78-64-66(62-71)80-69(73)60-57-54-51-48-45-42-39-35-30-27-24-21-18-15-12-9-6-3/h8,11,17-18,20-21,26-27,29-30,34,37,43,46,52,55,66-67,71H,4-7,9-10,12-16,19,22-25,28,31-33,35-36,38-42,44-45,47-51,53-54,56-65H2,1-3H3,(H,75,76)/b11-8-,20-17-,21-18-,29-26-,30-27-,37-34-,46-43-,55-52-. The second kappa shape index (κ2) is 63.4. The van der Waals surface area contributed by atoms with E-state index >= 15 is 0 Å². The molecule has 0 aromatic carbocycles. The SMILES string of the molecule is CC/C=C\C/C=C\C/C=C\C/C=C\C/C=C\C/C=C\CCC(=O)OC(COC(=O)CCCCCCCCCCCCCCCCCCCCC)COP(=O)(O)OCC(CO)OC(=O)CCCCCCCCC/C=C\C/C=C\CCCCC. The Labute approximate surface area is 502 Å². The topological polar surface area (TPSA) is 155 Å². The van der Waals surface area contributed by atoms with E-state index in [1.807, 2.05) is 12.2 Å². The predicted octanol–water partition coefficient (Wildman–Crippen LogP) is 20.4. The number of aliphatic hydroxyl groups is 1. The first kappa shape index (κ1) is 78.4. The molecule has 0 radical (unpaired) electrons. The lowest BCUT2D eigenvalue weighted by molar-refractivity contribution is -0.161. The van der Waals surface area contributed by atoms with E-state index in [1.54, 1.807) is 0 Å². The monoisotopic (exact) mass is 1170 g/mol. The first-order valence-electron chi connectivity index (χ1n) is 33.1. The van der Waals surface area contributed by atoms with Gasteiger partial charge in [0.05, 0.1) is 19.8 Å². The van der Waals surface area contributed by atoms with Crippen LogP contribution in [0.25, 0.3) is 0 Å². The zero-order chi connectivity index (χ0) is 59.8. The number of esters is 3. The van der Waals surface area contributed by atoms with Crippen LogP contribution in [-0.4, -0.2) is 66.5 Å². The van der Waals surface area contributed by atoms with Gasteiger partial charge in [0.15, 0.2) is 6.10 Å². The minimum absolute atomic E-state index is 0.0404. The van der Waals surface area contributed by atoms with Gasteiger partial charge < -0.3 is 24.2 Å². The number of aliphatic hydroxyl groups excluding tert-OH is 1. The van der Waals surface area contributed by atoms with Crippen LogP contribution in [0.4, 0.5) is 0 Å². The van der Waals surface area contributed by atoms with Crippen molar-refractivity contribution >= 4 is 25.7 Å². The van der Waals surface area contributed by atoms with Crippen molar-refractivity contribution in [2.24, 2.45) is 0 Å². The average Bonchev–Trinajstić information content (AvgIpc) is 3.50. The lowest BCUT2D eigenvalue weighted by atomic mass is 10.0. The van der Waals surface area contributed by atoms with Crippen molar-refractivity contribution in [3.63, 3.8) is 0 Å². The molecule has 0 aliphatic carbocycles. The van der Waals surface area contributed by atoms with Crippen molar-refractivity contribution in [1.82, 2.24) is 0 Å². The highest BCUT2D eigenvalue weighted by Crippen LogP contribution is 2.43. The first-order valence-corrected chi connectivity index (χ1v) is 34.6. The van der Waals surface area contributed by atoms with Gasteiger partial charge in [0.2, 0.25) is 0 Å². The summed E-state index contributed by atoms with van der Waals surface area (Å²) in [7, 11) is -4.78. The Hall–Kier alpha value is -3.60. The minimum atomic E-state index is -4.78. The van der Waals surface area contributed by atoms with Crippen molar-refractivity contribution in [2.45, 2.75) is 303 Å². The van der Waals surface area contributed by atoms with Crippen molar-refractivity contribution < 1.29 is 52.2 Å². The third-order valence-electron chi connectivity index (χ3n) is 14.0. The number of unbranched alkanes of at least 4 members (excludes halogenated alkanes) is 28. The molecule has 472 valence electrons. The van der Waals surface area contributed by atoms with Crippen LogP contribution in [0.1, 0.15) is 290 Å². The highest BCUT2D eigenvalue weighted by Gasteiger charge is 2.28. The molecule has 0 heterocycles. The van der Waals surface area contributed by atoms with Gasteiger partial charge in [-0.15, -0.1) is 0 Å². The summed E-state index contributed by atoms with van der Waals surface area (Å²) in [5.41, 5.74) is 0. The van der Waals surface area contributed by atoms with Crippen LogP contribution < -0.4 is 0 Å². The molecule has 0 saturated heterocycles. The molecule has 0 bridgehead atoms. The van der Waals surface area contributed by atoms with Crippen LogP contribution >= 0.6 is 7.82 Å². The molecule has 2 N–H and O–H groups in total. The highest BCUT2D eigenvalue weighted by atomic mass is 31.2. The average molecular weight is 1170 g/mol. The van der Waals surface area contributed by atoms with Crippen LogP contribution in [0.2, 0.25) is 0 Å². The molecule has 0 amide bonds. The van der Waals surface area contributed by atoms with Crippen LogP contribution in [0.15, 0.2) is 97.2 Å². The Morgan fingerprint density at radius 2 is 0.659 bits per heavy atom. The molecule has 11 nitrogen and oxygen atoms in total. The van der Waals surface area contributed by atoms with Gasteiger partial charge in [0.25, 0.3) is 0 Å². The molecule has 0 aromatic heterocycles. The third kappa shape index (κ3) is 61.0. The molecule has 0 rings (SSSR count). The summed E-state index contributed by atoms with van der Waals surface area (Å²) >= 11 is 0. The molecule has 0 saturated carbocycles. The number of allylic oxidation sites excluding steroid dienone is 16. The Kier molecular flexibility index (Phi) is 60.6. The fourth-order valence-electron chi connectivity index (χ4n) is 9.00. The molecule has 0 aromatic rings. The van der Waals surface area contributed by atoms with Gasteiger partial charge in [-0.25, -0.2) is 4.57 Å². The summed E-state index contributed by atoms with van der Waals surface area (Å²) in [4.78, 5) is 48.8. The van der Waals surface area contributed by atoms with E-state index in [0.717, 1.165) is 89.9 Å². The molecule has 0 aliphatic heterocycles. The maximum Gasteiger partial charge on any atom is 0.472 e. The Morgan fingerprint density at radius 1 is 0.354 bits per heavy atom. The van der Waals surface area contributed by atoms with Gasteiger partial charge in [0.1, 0.15) is 12.7 Å². The van der Waals surface area contributed by atoms with E-state index in [0.29, 0.717) is 25.7 Å². The Bertz CT molecular complexity index is 1750. The van der Waals surface area contributed by atoms with Crippen LogP contribution in [0.5, 0.6) is 0 Å². The molecule has 12 heteroatoms. The van der Waals surface area contributed by atoms with E-state index in [4.69, 9.17) is 23.3 Å². The molecule has 3 atom stereocenters. The maximum absolute atomic E-state index is 13.0. The summed E-state index contributed by atoms with van der Waals surface area (Å²) in [6.07, 6.45) is 76.6. The number of rotatable bonds is 61. The van der Waals surface area contributed by atoms with Crippen molar-refractivity contribution in [3.8, 4) is 0 Å². The second-order valence-electron chi connectivity index (χ2n) is 21.9. The van der Waals surface area contributed by atoms with Crippen molar-refractivity contribution in [1.29, 1.82) is 0 Å². The van der Waals surface area contributed by atoms with Gasteiger partial charge in [-0.1, -0.05) is 279 Å². The molecule has 3 unspecified atom stereocenters. The van der Waals surface area contributed by atoms with Gasteiger partial charge in [0, 0.05) is 19.3 Å².